The molecule has 0 aliphatic rings. The first-order valence-electron chi connectivity index (χ1n) is 5.51. The molecule has 4 heteroatoms. The first kappa shape index (κ1) is 11.5. The summed E-state index contributed by atoms with van der Waals surface area (Å²) < 4.78 is 0. The molecule has 17 heavy (non-hydrogen) atoms. The van der Waals surface area contributed by atoms with Crippen molar-refractivity contribution in [1.29, 1.82) is 0 Å². The molecular weight excluding hydrogens is 214 g/mol. The van der Waals surface area contributed by atoms with Gasteiger partial charge in [-0.25, -0.2) is 0 Å². The third kappa shape index (κ3) is 2.60. The van der Waals surface area contributed by atoms with Gasteiger partial charge < -0.3 is 11.1 Å². The molecule has 0 saturated carbocycles. The average Bonchev–Trinajstić information content (AvgIpc) is 2.37. The van der Waals surface area contributed by atoms with Crippen LogP contribution < -0.4 is 11.1 Å². The van der Waals surface area contributed by atoms with Crippen molar-refractivity contribution in [2.45, 2.75) is 12.5 Å². The molecule has 1 heterocycles. The number of aromatic nitrogens is 1. The quantitative estimate of drug-likeness (QED) is 0.820. The van der Waals surface area contributed by atoms with E-state index in [1.165, 1.54) is 0 Å². The lowest BCUT2D eigenvalue weighted by Crippen LogP contribution is -2.40. The Bertz CT molecular complexity index is 539. The molecular formula is C13H15N3O. The smallest absolute Gasteiger partial charge is 0.237 e. The number of fused-ring (bicyclic) bond motifs is 1. The molecule has 1 aromatic heterocycles. The Kier molecular flexibility index (Phi) is 3.35. The highest BCUT2D eigenvalue weighted by atomic mass is 16.2. The molecule has 0 spiro atoms. The summed E-state index contributed by atoms with van der Waals surface area (Å²) in [6.45, 7) is 0. The van der Waals surface area contributed by atoms with Gasteiger partial charge in [0.25, 0.3) is 0 Å². The van der Waals surface area contributed by atoms with Gasteiger partial charge in [-0.3, -0.25) is 9.78 Å². The lowest BCUT2D eigenvalue weighted by molar-refractivity contribution is -0.121. The topological polar surface area (TPSA) is 68.0 Å². The van der Waals surface area contributed by atoms with E-state index < -0.39 is 6.04 Å². The molecule has 0 saturated heterocycles. The second kappa shape index (κ2) is 4.93. The maximum atomic E-state index is 11.3. The van der Waals surface area contributed by atoms with E-state index in [-0.39, 0.29) is 5.91 Å². The Morgan fingerprint density at radius 1 is 1.47 bits per heavy atom. The van der Waals surface area contributed by atoms with E-state index in [4.69, 9.17) is 5.73 Å². The van der Waals surface area contributed by atoms with Crippen LogP contribution in [0.3, 0.4) is 0 Å². The van der Waals surface area contributed by atoms with E-state index in [0.29, 0.717) is 6.42 Å². The zero-order valence-electron chi connectivity index (χ0n) is 9.68. The van der Waals surface area contributed by atoms with E-state index in [0.717, 1.165) is 16.5 Å². The van der Waals surface area contributed by atoms with Crippen molar-refractivity contribution < 1.29 is 4.79 Å². The number of hydrogen-bond donors (Lipinski definition) is 2. The van der Waals surface area contributed by atoms with Gasteiger partial charge >= 0.3 is 0 Å². The zero-order valence-corrected chi connectivity index (χ0v) is 9.68. The number of rotatable bonds is 3. The van der Waals surface area contributed by atoms with Gasteiger partial charge in [0.15, 0.2) is 0 Å². The largest absolute Gasteiger partial charge is 0.358 e. The minimum Gasteiger partial charge on any atom is -0.358 e. The number of carbonyl (C=O) groups is 1. The van der Waals surface area contributed by atoms with Gasteiger partial charge in [-0.05, 0) is 24.1 Å². The SMILES string of the molecule is CNC(=O)[C@@H](N)Cc1cnc2ccccc2c1. The molecule has 0 aliphatic heterocycles. The minimum atomic E-state index is -0.525. The van der Waals surface area contributed by atoms with Gasteiger partial charge in [-0.1, -0.05) is 18.2 Å². The number of likely N-dealkylation sites (N-methyl/N-ethyl adjacent to an activating group) is 1. The molecule has 88 valence electrons. The van der Waals surface area contributed by atoms with Gasteiger partial charge in [0.05, 0.1) is 11.6 Å². The van der Waals surface area contributed by atoms with Crippen LogP contribution in [0.1, 0.15) is 5.56 Å². The number of hydrogen-bond acceptors (Lipinski definition) is 3. The third-order valence-corrected chi connectivity index (χ3v) is 2.69. The molecule has 0 bridgehead atoms. The van der Waals surface area contributed by atoms with Crippen LogP contribution in [0.5, 0.6) is 0 Å². The first-order chi connectivity index (χ1) is 8.20. The number of nitrogens with zero attached hydrogens (tertiary/aromatic N) is 1. The predicted molar refractivity (Wildman–Crippen MR) is 67.5 cm³/mol. The number of carbonyl (C=O) groups excluding carboxylic acids is 1. The van der Waals surface area contributed by atoms with Crippen LogP contribution >= 0.6 is 0 Å². The second-order valence-corrected chi connectivity index (χ2v) is 3.96. The highest BCUT2D eigenvalue weighted by molar-refractivity contribution is 5.82. The number of pyridine rings is 1. The maximum absolute atomic E-state index is 11.3. The highest BCUT2D eigenvalue weighted by Gasteiger charge is 2.12. The summed E-state index contributed by atoms with van der Waals surface area (Å²) in [5, 5.41) is 3.60. The van der Waals surface area contributed by atoms with Crippen molar-refractivity contribution in [1.82, 2.24) is 10.3 Å². The minimum absolute atomic E-state index is 0.154. The number of para-hydroxylation sites is 1. The Balaban J connectivity index is 2.22. The molecule has 3 N–H and O–H groups in total. The van der Waals surface area contributed by atoms with E-state index in [2.05, 4.69) is 10.3 Å². The second-order valence-electron chi connectivity index (χ2n) is 3.96. The molecule has 0 radical (unpaired) electrons. The fourth-order valence-corrected chi connectivity index (χ4v) is 1.76. The molecule has 2 aromatic rings. The summed E-state index contributed by atoms with van der Waals surface area (Å²) in [4.78, 5) is 15.7. The van der Waals surface area contributed by atoms with Crippen molar-refractivity contribution in [3.8, 4) is 0 Å². The van der Waals surface area contributed by atoms with Crippen LogP contribution in [0.25, 0.3) is 10.9 Å². The fraction of sp³-hybridized carbons (Fsp3) is 0.231. The van der Waals surface area contributed by atoms with Crippen LogP contribution in [0.2, 0.25) is 0 Å². The summed E-state index contributed by atoms with van der Waals surface area (Å²) in [6, 6.07) is 9.36. The summed E-state index contributed by atoms with van der Waals surface area (Å²) in [5.41, 5.74) is 7.68. The molecule has 1 atom stereocenters. The molecule has 1 aromatic carbocycles. The van der Waals surface area contributed by atoms with Gasteiger partial charge in [0.2, 0.25) is 5.91 Å². The number of amides is 1. The normalized spacial score (nSPS) is 12.4. The van der Waals surface area contributed by atoms with E-state index in [9.17, 15) is 4.79 Å². The monoisotopic (exact) mass is 229 g/mol. The Hall–Kier alpha value is -1.94. The molecule has 4 nitrogen and oxygen atoms in total. The van der Waals surface area contributed by atoms with Crippen molar-refractivity contribution in [3.63, 3.8) is 0 Å². The van der Waals surface area contributed by atoms with Crippen molar-refractivity contribution in [3.05, 3.63) is 42.1 Å². The first-order valence-corrected chi connectivity index (χ1v) is 5.51. The Labute approximate surface area is 99.8 Å². The van der Waals surface area contributed by atoms with E-state index in [1.54, 1.807) is 13.2 Å². The summed E-state index contributed by atoms with van der Waals surface area (Å²) in [5.74, 6) is -0.154. The highest BCUT2D eigenvalue weighted by Crippen LogP contribution is 2.13. The summed E-state index contributed by atoms with van der Waals surface area (Å²) >= 11 is 0. The lowest BCUT2D eigenvalue weighted by atomic mass is 10.1. The van der Waals surface area contributed by atoms with Crippen LogP contribution in [0.15, 0.2) is 36.5 Å². The van der Waals surface area contributed by atoms with Crippen LogP contribution in [-0.4, -0.2) is 24.0 Å². The zero-order chi connectivity index (χ0) is 12.3. The molecule has 2 rings (SSSR count). The molecule has 0 aliphatic carbocycles. The summed E-state index contributed by atoms with van der Waals surface area (Å²) in [7, 11) is 1.58. The van der Waals surface area contributed by atoms with E-state index >= 15 is 0 Å². The van der Waals surface area contributed by atoms with Gasteiger partial charge in [-0.2, -0.15) is 0 Å². The van der Waals surface area contributed by atoms with Crippen molar-refractivity contribution in [2.75, 3.05) is 7.05 Å². The average molecular weight is 229 g/mol. The van der Waals surface area contributed by atoms with Gasteiger partial charge in [-0.15, -0.1) is 0 Å². The van der Waals surface area contributed by atoms with Crippen LogP contribution in [-0.2, 0) is 11.2 Å². The predicted octanol–water partition coefficient (Wildman–Crippen LogP) is 0.851. The fourth-order valence-electron chi connectivity index (χ4n) is 1.76. The van der Waals surface area contributed by atoms with Crippen molar-refractivity contribution in [2.24, 2.45) is 5.73 Å². The van der Waals surface area contributed by atoms with Gasteiger partial charge in [0, 0.05) is 18.6 Å². The number of benzene rings is 1. The molecule has 1 amide bonds. The Morgan fingerprint density at radius 2 is 2.24 bits per heavy atom. The van der Waals surface area contributed by atoms with Gasteiger partial charge in [0.1, 0.15) is 0 Å². The lowest BCUT2D eigenvalue weighted by Gasteiger charge is -2.10. The number of nitrogens with one attached hydrogen (secondary N) is 1. The molecule has 0 unspecified atom stereocenters. The third-order valence-electron chi connectivity index (χ3n) is 2.69. The molecule has 0 fully saturated rings. The maximum Gasteiger partial charge on any atom is 0.237 e. The van der Waals surface area contributed by atoms with Crippen LogP contribution in [0.4, 0.5) is 0 Å². The standard InChI is InChI=1S/C13H15N3O/c1-15-13(17)11(14)7-9-6-10-4-2-3-5-12(10)16-8-9/h2-6,8,11H,7,14H2,1H3,(H,15,17)/t11-/m0/s1. The van der Waals surface area contributed by atoms with Crippen LogP contribution in [0, 0.1) is 0 Å². The summed E-state index contributed by atoms with van der Waals surface area (Å²) in [6.07, 6.45) is 2.27. The van der Waals surface area contributed by atoms with Crippen molar-refractivity contribution >= 4 is 16.8 Å². The Morgan fingerprint density at radius 3 is 3.00 bits per heavy atom. The number of nitrogens with two attached hydrogens (primary N) is 1. The van der Waals surface area contributed by atoms with E-state index in [1.807, 2.05) is 30.3 Å².